The lowest BCUT2D eigenvalue weighted by molar-refractivity contribution is 0.0600. The van der Waals surface area contributed by atoms with Crippen molar-refractivity contribution in [2.75, 3.05) is 13.4 Å². The fraction of sp³-hybridized carbons (Fsp3) is 0.300. The normalized spacial score (nSPS) is 11.2. The van der Waals surface area contributed by atoms with E-state index in [0.717, 1.165) is 6.26 Å². The molecule has 4 nitrogen and oxygen atoms in total. The Labute approximate surface area is 103 Å². The van der Waals surface area contributed by atoms with Gasteiger partial charge in [0.2, 0.25) is 0 Å². The molecule has 1 aromatic carbocycles. The van der Waals surface area contributed by atoms with Crippen LogP contribution in [0.5, 0.6) is 0 Å². The van der Waals surface area contributed by atoms with Crippen LogP contribution in [0.25, 0.3) is 0 Å². The number of benzene rings is 1. The number of halogens is 1. The summed E-state index contributed by atoms with van der Waals surface area (Å²) in [6.07, 6.45) is 1.14. The second kappa shape index (κ2) is 4.97. The molecule has 0 aliphatic rings. The predicted molar refractivity (Wildman–Crippen MR) is 64.0 cm³/mol. The maximum absolute atomic E-state index is 11.3. The monoisotopic (exact) mass is 306 g/mol. The first-order valence-corrected chi connectivity index (χ1v) is 7.23. The van der Waals surface area contributed by atoms with E-state index in [-0.39, 0.29) is 5.75 Å². The Balaban J connectivity index is 3.14. The van der Waals surface area contributed by atoms with Crippen LogP contribution >= 0.6 is 15.9 Å². The molecule has 0 N–H and O–H groups in total. The topological polar surface area (TPSA) is 60.4 Å². The maximum atomic E-state index is 11.3. The zero-order chi connectivity index (χ0) is 12.3. The van der Waals surface area contributed by atoms with E-state index in [9.17, 15) is 13.2 Å². The largest absolute Gasteiger partial charge is 0.465 e. The Hall–Kier alpha value is -0.880. The number of hydrogen-bond acceptors (Lipinski definition) is 4. The summed E-state index contributed by atoms with van der Waals surface area (Å²) in [6.45, 7) is 0. The van der Waals surface area contributed by atoms with Crippen molar-refractivity contribution in [2.24, 2.45) is 0 Å². The van der Waals surface area contributed by atoms with E-state index < -0.39 is 15.8 Å². The predicted octanol–water partition coefficient (Wildman–Crippen LogP) is 1.78. The van der Waals surface area contributed by atoms with Crippen LogP contribution < -0.4 is 0 Å². The molecule has 0 aliphatic heterocycles. The van der Waals surface area contributed by atoms with Crippen molar-refractivity contribution < 1.29 is 17.9 Å². The fourth-order valence-corrected chi connectivity index (χ4v) is 2.59. The van der Waals surface area contributed by atoms with Gasteiger partial charge in [-0.15, -0.1) is 0 Å². The van der Waals surface area contributed by atoms with Gasteiger partial charge in [-0.1, -0.05) is 15.9 Å². The van der Waals surface area contributed by atoms with Crippen LogP contribution in [0.15, 0.2) is 22.7 Å². The zero-order valence-corrected chi connectivity index (χ0v) is 11.3. The SMILES string of the molecule is COC(=O)c1ccc(Br)c(CS(C)(=O)=O)c1. The van der Waals surface area contributed by atoms with Gasteiger partial charge < -0.3 is 4.74 Å². The van der Waals surface area contributed by atoms with E-state index in [1.807, 2.05) is 0 Å². The van der Waals surface area contributed by atoms with Crippen LogP contribution in [-0.2, 0) is 20.3 Å². The van der Waals surface area contributed by atoms with Gasteiger partial charge in [0, 0.05) is 10.7 Å². The Morgan fingerprint density at radius 2 is 2.06 bits per heavy atom. The first kappa shape index (κ1) is 13.2. The van der Waals surface area contributed by atoms with E-state index in [1.54, 1.807) is 12.1 Å². The van der Waals surface area contributed by atoms with Crippen LogP contribution in [0.1, 0.15) is 15.9 Å². The molecular formula is C10H11BrO4S. The number of ether oxygens (including phenoxy) is 1. The van der Waals surface area contributed by atoms with Gasteiger partial charge in [-0.25, -0.2) is 13.2 Å². The van der Waals surface area contributed by atoms with Crippen molar-refractivity contribution in [1.82, 2.24) is 0 Å². The zero-order valence-electron chi connectivity index (χ0n) is 8.86. The summed E-state index contributed by atoms with van der Waals surface area (Å²) >= 11 is 3.24. The number of carbonyl (C=O) groups is 1. The van der Waals surface area contributed by atoms with Crippen molar-refractivity contribution in [3.8, 4) is 0 Å². The third-order valence-corrected chi connectivity index (χ3v) is 3.49. The molecule has 6 heteroatoms. The van der Waals surface area contributed by atoms with Gasteiger partial charge in [0.05, 0.1) is 18.4 Å². The molecule has 0 spiro atoms. The molecule has 0 radical (unpaired) electrons. The standard InChI is InChI=1S/C10H11BrO4S/c1-15-10(12)7-3-4-9(11)8(5-7)6-16(2,13)14/h3-5H,6H2,1-2H3. The summed E-state index contributed by atoms with van der Waals surface area (Å²) in [5.41, 5.74) is 0.884. The fourth-order valence-electron chi connectivity index (χ4n) is 1.21. The summed E-state index contributed by atoms with van der Waals surface area (Å²) in [7, 11) is -1.85. The summed E-state index contributed by atoms with van der Waals surface area (Å²) in [6, 6.07) is 4.71. The van der Waals surface area contributed by atoms with E-state index in [1.165, 1.54) is 13.2 Å². The molecule has 0 aromatic heterocycles. The van der Waals surface area contributed by atoms with Crippen LogP contribution in [-0.4, -0.2) is 27.8 Å². The number of hydrogen-bond donors (Lipinski definition) is 0. The quantitative estimate of drug-likeness (QED) is 0.799. The first-order chi connectivity index (χ1) is 7.33. The van der Waals surface area contributed by atoms with Gasteiger partial charge in [0.1, 0.15) is 0 Å². The second-order valence-electron chi connectivity index (χ2n) is 3.37. The molecule has 0 aliphatic carbocycles. The molecule has 0 unspecified atom stereocenters. The first-order valence-electron chi connectivity index (χ1n) is 4.38. The molecular weight excluding hydrogens is 296 g/mol. The highest BCUT2D eigenvalue weighted by Gasteiger charge is 2.12. The summed E-state index contributed by atoms with van der Waals surface area (Å²) in [5.74, 6) is -0.597. The number of sulfone groups is 1. The maximum Gasteiger partial charge on any atom is 0.337 e. The molecule has 16 heavy (non-hydrogen) atoms. The van der Waals surface area contributed by atoms with Gasteiger partial charge >= 0.3 is 5.97 Å². The molecule has 0 atom stereocenters. The summed E-state index contributed by atoms with van der Waals surface area (Å²) in [5, 5.41) is 0. The second-order valence-corrected chi connectivity index (χ2v) is 6.36. The highest BCUT2D eigenvalue weighted by Crippen LogP contribution is 2.20. The van der Waals surface area contributed by atoms with Crippen molar-refractivity contribution >= 4 is 31.7 Å². The molecule has 0 fully saturated rings. The van der Waals surface area contributed by atoms with Gasteiger partial charge in [-0.05, 0) is 23.8 Å². The Kier molecular flexibility index (Phi) is 4.09. The van der Waals surface area contributed by atoms with Gasteiger partial charge in [-0.3, -0.25) is 0 Å². The molecule has 0 saturated carbocycles. The number of carbonyl (C=O) groups excluding carboxylic acids is 1. The van der Waals surface area contributed by atoms with Gasteiger partial charge in [0.15, 0.2) is 9.84 Å². The lowest BCUT2D eigenvalue weighted by atomic mass is 10.1. The van der Waals surface area contributed by atoms with Crippen LogP contribution in [0.2, 0.25) is 0 Å². The van der Waals surface area contributed by atoms with E-state index in [0.29, 0.717) is 15.6 Å². The van der Waals surface area contributed by atoms with Gasteiger partial charge in [-0.2, -0.15) is 0 Å². The van der Waals surface area contributed by atoms with Crippen molar-refractivity contribution in [3.63, 3.8) is 0 Å². The Bertz CT molecular complexity index is 508. The Morgan fingerprint density at radius 3 is 2.56 bits per heavy atom. The lowest BCUT2D eigenvalue weighted by Crippen LogP contribution is -2.05. The average Bonchev–Trinajstić information content (AvgIpc) is 2.18. The molecule has 88 valence electrons. The van der Waals surface area contributed by atoms with E-state index in [2.05, 4.69) is 20.7 Å². The minimum absolute atomic E-state index is 0.113. The molecule has 0 heterocycles. The van der Waals surface area contributed by atoms with Crippen molar-refractivity contribution in [2.45, 2.75) is 5.75 Å². The number of methoxy groups -OCH3 is 1. The van der Waals surface area contributed by atoms with E-state index in [4.69, 9.17) is 0 Å². The lowest BCUT2D eigenvalue weighted by Gasteiger charge is -2.05. The minimum Gasteiger partial charge on any atom is -0.465 e. The van der Waals surface area contributed by atoms with Crippen molar-refractivity contribution in [1.29, 1.82) is 0 Å². The molecule has 0 amide bonds. The highest BCUT2D eigenvalue weighted by atomic mass is 79.9. The van der Waals surface area contributed by atoms with Crippen LogP contribution in [0.3, 0.4) is 0 Å². The van der Waals surface area contributed by atoms with Crippen LogP contribution in [0, 0.1) is 0 Å². The smallest absolute Gasteiger partial charge is 0.337 e. The summed E-state index contributed by atoms with van der Waals surface area (Å²) in [4.78, 5) is 11.3. The van der Waals surface area contributed by atoms with Crippen molar-refractivity contribution in [3.05, 3.63) is 33.8 Å². The van der Waals surface area contributed by atoms with Crippen LogP contribution in [0.4, 0.5) is 0 Å². The molecule has 1 aromatic rings. The summed E-state index contributed by atoms with van der Waals surface area (Å²) < 4.78 is 27.5. The number of esters is 1. The van der Waals surface area contributed by atoms with Gasteiger partial charge in [0.25, 0.3) is 0 Å². The minimum atomic E-state index is -3.13. The third-order valence-electron chi connectivity index (χ3n) is 1.88. The Morgan fingerprint density at radius 1 is 1.44 bits per heavy atom. The van der Waals surface area contributed by atoms with E-state index >= 15 is 0 Å². The molecule has 0 bridgehead atoms. The highest BCUT2D eigenvalue weighted by molar-refractivity contribution is 9.10. The molecule has 1 rings (SSSR count). The average molecular weight is 307 g/mol. The third kappa shape index (κ3) is 3.61. The molecule has 0 saturated heterocycles. The number of rotatable bonds is 3.